The van der Waals surface area contributed by atoms with Crippen molar-refractivity contribution in [3.63, 3.8) is 0 Å². The first-order valence-electron chi connectivity index (χ1n) is 4.29. The van der Waals surface area contributed by atoms with Crippen molar-refractivity contribution in [2.75, 3.05) is 7.11 Å². The Balaban J connectivity index is 3.38. The van der Waals surface area contributed by atoms with Gasteiger partial charge in [-0.05, 0) is 12.1 Å². The van der Waals surface area contributed by atoms with Crippen LogP contribution in [0.3, 0.4) is 0 Å². The minimum Gasteiger partial charge on any atom is -0.495 e. The molecule has 90 valence electrons. The van der Waals surface area contributed by atoms with Gasteiger partial charge in [0.25, 0.3) is 0 Å². The molecule has 1 aromatic carbocycles. The van der Waals surface area contributed by atoms with Gasteiger partial charge in [0.15, 0.2) is 0 Å². The van der Waals surface area contributed by atoms with Crippen LogP contribution in [-0.2, 0) is 0 Å². The normalized spacial score (nSPS) is 9.82. The van der Waals surface area contributed by atoms with Gasteiger partial charge in [0.05, 0.1) is 12.7 Å². The van der Waals surface area contributed by atoms with Gasteiger partial charge < -0.3 is 14.6 Å². The van der Waals surface area contributed by atoms with Crippen molar-refractivity contribution >= 4 is 5.97 Å². The van der Waals surface area contributed by atoms with E-state index < -0.39 is 18.3 Å². The zero-order valence-corrected chi connectivity index (χ0v) is 8.61. The van der Waals surface area contributed by atoms with Crippen molar-refractivity contribution in [1.29, 1.82) is 5.26 Å². The van der Waals surface area contributed by atoms with Gasteiger partial charge in [0.2, 0.25) is 0 Å². The lowest BCUT2D eigenvalue weighted by Crippen LogP contribution is -2.07. The molecule has 0 fully saturated rings. The number of benzene rings is 1. The molecule has 17 heavy (non-hydrogen) atoms. The van der Waals surface area contributed by atoms with Crippen molar-refractivity contribution in [2.24, 2.45) is 0 Å². The molecule has 0 saturated heterocycles. The summed E-state index contributed by atoms with van der Waals surface area (Å²) in [6.45, 7) is -3.16. The van der Waals surface area contributed by atoms with Gasteiger partial charge in [0.1, 0.15) is 23.1 Å². The highest BCUT2D eigenvalue weighted by atomic mass is 19.3. The van der Waals surface area contributed by atoms with Crippen LogP contribution in [-0.4, -0.2) is 24.8 Å². The summed E-state index contributed by atoms with van der Waals surface area (Å²) in [6, 6.07) is 3.51. The fourth-order valence-electron chi connectivity index (χ4n) is 1.17. The number of alkyl halides is 2. The van der Waals surface area contributed by atoms with Gasteiger partial charge in [-0.25, -0.2) is 4.79 Å². The van der Waals surface area contributed by atoms with E-state index in [1.54, 1.807) is 6.07 Å². The van der Waals surface area contributed by atoms with Crippen LogP contribution in [0.4, 0.5) is 8.78 Å². The molecule has 0 aromatic heterocycles. The van der Waals surface area contributed by atoms with Crippen molar-refractivity contribution in [2.45, 2.75) is 6.61 Å². The first kappa shape index (κ1) is 12.7. The third-order valence-corrected chi connectivity index (χ3v) is 1.86. The van der Waals surface area contributed by atoms with E-state index in [1.165, 1.54) is 7.11 Å². The van der Waals surface area contributed by atoms with Crippen molar-refractivity contribution in [3.8, 4) is 17.6 Å². The third kappa shape index (κ3) is 2.81. The van der Waals surface area contributed by atoms with Crippen LogP contribution in [0, 0.1) is 11.3 Å². The summed E-state index contributed by atoms with van der Waals surface area (Å²) in [7, 11) is 1.19. The van der Waals surface area contributed by atoms with Crippen LogP contribution in [0.25, 0.3) is 0 Å². The topological polar surface area (TPSA) is 79.6 Å². The Labute approximate surface area is 94.8 Å². The SMILES string of the molecule is COc1cc(C(=O)O)cc(OC(F)F)c1C#N. The highest BCUT2D eigenvalue weighted by Crippen LogP contribution is 2.30. The number of carboxylic acid groups (broad SMARTS) is 1. The largest absolute Gasteiger partial charge is 0.495 e. The van der Waals surface area contributed by atoms with E-state index in [9.17, 15) is 13.6 Å². The summed E-state index contributed by atoms with van der Waals surface area (Å²) in [6.07, 6.45) is 0. The number of ether oxygens (including phenoxy) is 2. The lowest BCUT2D eigenvalue weighted by molar-refractivity contribution is -0.0502. The monoisotopic (exact) mass is 243 g/mol. The Hall–Kier alpha value is -2.36. The van der Waals surface area contributed by atoms with Gasteiger partial charge in [-0.3, -0.25) is 0 Å². The number of carboxylic acids is 1. The van der Waals surface area contributed by atoms with Crippen LogP contribution >= 0.6 is 0 Å². The number of hydrogen-bond donors (Lipinski definition) is 1. The van der Waals surface area contributed by atoms with E-state index in [-0.39, 0.29) is 16.9 Å². The Morgan fingerprint density at radius 1 is 1.47 bits per heavy atom. The van der Waals surface area contributed by atoms with Gasteiger partial charge in [-0.1, -0.05) is 0 Å². The number of hydrogen-bond acceptors (Lipinski definition) is 4. The van der Waals surface area contributed by atoms with Crippen LogP contribution in [0.1, 0.15) is 15.9 Å². The first-order valence-corrected chi connectivity index (χ1v) is 4.29. The smallest absolute Gasteiger partial charge is 0.387 e. The molecule has 1 rings (SSSR count). The van der Waals surface area contributed by atoms with E-state index in [1.807, 2.05) is 0 Å². The number of rotatable bonds is 4. The van der Waals surface area contributed by atoms with Crippen molar-refractivity contribution < 1.29 is 28.2 Å². The molecule has 0 radical (unpaired) electrons. The van der Waals surface area contributed by atoms with E-state index in [0.717, 1.165) is 12.1 Å². The van der Waals surface area contributed by atoms with E-state index >= 15 is 0 Å². The quantitative estimate of drug-likeness (QED) is 0.873. The van der Waals surface area contributed by atoms with Gasteiger partial charge in [0, 0.05) is 0 Å². The number of carbonyl (C=O) groups is 1. The van der Waals surface area contributed by atoms with E-state index in [0.29, 0.717) is 0 Å². The molecular formula is C10H7F2NO4. The Bertz CT molecular complexity index is 482. The molecule has 0 aliphatic carbocycles. The predicted molar refractivity (Wildman–Crippen MR) is 51.3 cm³/mol. The fourth-order valence-corrected chi connectivity index (χ4v) is 1.17. The predicted octanol–water partition coefficient (Wildman–Crippen LogP) is 1.87. The molecule has 0 atom stereocenters. The molecule has 7 heteroatoms. The molecule has 0 bridgehead atoms. The molecule has 0 saturated carbocycles. The molecular weight excluding hydrogens is 236 g/mol. The number of aromatic carboxylic acids is 1. The standard InChI is InChI=1S/C10H7F2NO4/c1-16-7-2-5(9(14)15)3-8(6(7)4-13)17-10(11)12/h2-3,10H,1H3,(H,14,15). The second-order valence-electron chi connectivity index (χ2n) is 2.85. The second kappa shape index (κ2) is 5.12. The van der Waals surface area contributed by atoms with Gasteiger partial charge in [-0.15, -0.1) is 0 Å². The minimum atomic E-state index is -3.16. The minimum absolute atomic E-state index is 0.136. The highest BCUT2D eigenvalue weighted by Gasteiger charge is 2.18. The zero-order chi connectivity index (χ0) is 13.0. The summed E-state index contributed by atoms with van der Waals surface area (Å²) in [5.41, 5.74) is -0.589. The number of halogens is 2. The molecule has 0 amide bonds. The van der Waals surface area contributed by atoms with Crippen molar-refractivity contribution in [1.82, 2.24) is 0 Å². The summed E-state index contributed by atoms with van der Waals surface area (Å²) >= 11 is 0. The van der Waals surface area contributed by atoms with E-state index in [4.69, 9.17) is 15.1 Å². The number of nitrogens with zero attached hydrogens (tertiary/aromatic N) is 1. The second-order valence-corrected chi connectivity index (χ2v) is 2.85. The van der Waals surface area contributed by atoms with Crippen molar-refractivity contribution in [3.05, 3.63) is 23.3 Å². The lowest BCUT2D eigenvalue weighted by atomic mass is 10.1. The summed E-state index contributed by atoms with van der Waals surface area (Å²) in [5, 5.41) is 17.5. The molecule has 0 unspecified atom stereocenters. The van der Waals surface area contributed by atoms with Crippen LogP contribution in [0.5, 0.6) is 11.5 Å². The molecule has 0 heterocycles. The first-order chi connectivity index (χ1) is 7.99. The van der Waals surface area contributed by atoms with E-state index in [2.05, 4.69) is 4.74 Å². The molecule has 1 aromatic rings. The average Bonchev–Trinajstić information content (AvgIpc) is 2.26. The number of methoxy groups -OCH3 is 1. The maximum Gasteiger partial charge on any atom is 0.387 e. The Kier molecular flexibility index (Phi) is 3.82. The van der Waals surface area contributed by atoms with Crippen LogP contribution in [0.15, 0.2) is 12.1 Å². The maximum atomic E-state index is 12.1. The lowest BCUT2D eigenvalue weighted by Gasteiger charge is -2.10. The molecule has 0 aliphatic rings. The van der Waals surface area contributed by atoms with Gasteiger partial charge in [-0.2, -0.15) is 14.0 Å². The van der Waals surface area contributed by atoms with Crippen LogP contribution < -0.4 is 9.47 Å². The molecule has 0 spiro atoms. The van der Waals surface area contributed by atoms with Crippen LogP contribution in [0.2, 0.25) is 0 Å². The molecule has 0 aliphatic heterocycles. The summed E-state index contributed by atoms with van der Waals surface area (Å²) < 4.78 is 33.0. The third-order valence-electron chi connectivity index (χ3n) is 1.86. The maximum absolute atomic E-state index is 12.1. The Morgan fingerprint density at radius 3 is 2.47 bits per heavy atom. The highest BCUT2D eigenvalue weighted by molar-refractivity contribution is 5.89. The Morgan fingerprint density at radius 2 is 2.06 bits per heavy atom. The van der Waals surface area contributed by atoms with Gasteiger partial charge >= 0.3 is 12.6 Å². The fraction of sp³-hybridized carbons (Fsp3) is 0.200. The summed E-state index contributed by atoms with van der Waals surface area (Å²) in [4.78, 5) is 10.7. The molecule has 1 N–H and O–H groups in total. The number of nitriles is 1. The molecule has 5 nitrogen and oxygen atoms in total. The average molecular weight is 243 g/mol. The summed E-state index contributed by atoms with van der Waals surface area (Å²) in [5.74, 6) is -2.01. The zero-order valence-electron chi connectivity index (χ0n) is 8.61.